The Bertz CT molecular complexity index is 756. The van der Waals surface area contributed by atoms with E-state index in [-0.39, 0.29) is 29.5 Å². The molecule has 3 amide bonds. The molecule has 2 saturated heterocycles. The molecule has 2 heterocycles. The van der Waals surface area contributed by atoms with Gasteiger partial charge >= 0.3 is 0 Å². The molecule has 1 aromatic rings. The quantitative estimate of drug-likeness (QED) is 0.735. The van der Waals surface area contributed by atoms with Crippen molar-refractivity contribution in [2.45, 2.75) is 12.8 Å². The maximum Gasteiger partial charge on any atom is 0.290 e. The van der Waals surface area contributed by atoms with Gasteiger partial charge in [-0.1, -0.05) is 18.2 Å². The molecule has 0 radical (unpaired) electrons. The number of hydrogen-bond acceptors (Lipinski definition) is 6. The first kappa shape index (κ1) is 21.3. The minimum absolute atomic E-state index is 0. The molecule has 0 aliphatic carbocycles. The highest BCUT2D eigenvalue weighted by Crippen LogP contribution is 2.30. The molecule has 0 bridgehead atoms. The molecule has 2 fully saturated rings. The average molecular weight is 411 g/mol. The normalized spacial score (nSPS) is 18.9. The Morgan fingerprint density at radius 1 is 1.19 bits per heavy atom. The van der Waals surface area contributed by atoms with Gasteiger partial charge in [-0.2, -0.15) is 0 Å². The first-order chi connectivity index (χ1) is 12.6. The summed E-state index contributed by atoms with van der Waals surface area (Å²) in [5.74, 6) is -0.258. The van der Waals surface area contributed by atoms with Gasteiger partial charge in [0.05, 0.1) is 4.91 Å². The number of para-hydroxylation sites is 1. The van der Waals surface area contributed by atoms with Gasteiger partial charge < -0.3 is 15.5 Å². The minimum atomic E-state index is -0.357. The summed E-state index contributed by atoms with van der Waals surface area (Å²) in [6.07, 6.45) is 3.00. The molecule has 2 aliphatic heterocycles. The van der Waals surface area contributed by atoms with E-state index in [1.807, 2.05) is 29.2 Å². The molecule has 9 heteroatoms. The molecule has 0 unspecified atom stereocenters. The summed E-state index contributed by atoms with van der Waals surface area (Å²) in [6, 6.07) is 7.79. The lowest BCUT2D eigenvalue weighted by molar-refractivity contribution is -0.130. The van der Waals surface area contributed by atoms with E-state index in [0.717, 1.165) is 49.1 Å². The maximum absolute atomic E-state index is 12.1. The molecular formula is C18H23ClN4O3S. The van der Waals surface area contributed by atoms with Crippen LogP contribution in [-0.4, -0.2) is 54.7 Å². The smallest absolute Gasteiger partial charge is 0.290 e. The van der Waals surface area contributed by atoms with Crippen molar-refractivity contribution in [3.8, 4) is 0 Å². The molecule has 146 valence electrons. The van der Waals surface area contributed by atoms with Crippen molar-refractivity contribution in [1.82, 2.24) is 10.2 Å². The third-order valence-corrected chi connectivity index (χ3v) is 5.22. The summed E-state index contributed by atoms with van der Waals surface area (Å²) in [6.45, 7) is 3.29. The predicted octanol–water partition coefficient (Wildman–Crippen LogP) is 1.82. The van der Waals surface area contributed by atoms with Gasteiger partial charge in [-0.15, -0.1) is 12.4 Å². The summed E-state index contributed by atoms with van der Waals surface area (Å²) < 4.78 is 0. The number of benzene rings is 1. The SMILES string of the molecule is Cl.NCCC(=O)N1CCCN(c2ccccc2C=C2SC(=O)NC2=O)CC1. The fourth-order valence-corrected chi connectivity index (χ4v) is 3.82. The van der Waals surface area contributed by atoms with Gasteiger partial charge in [0.15, 0.2) is 0 Å². The first-order valence-electron chi connectivity index (χ1n) is 8.65. The number of carbonyl (C=O) groups is 3. The molecule has 27 heavy (non-hydrogen) atoms. The minimum Gasteiger partial charge on any atom is -0.369 e. The zero-order chi connectivity index (χ0) is 18.5. The third-order valence-electron chi connectivity index (χ3n) is 4.41. The number of rotatable bonds is 4. The summed E-state index contributed by atoms with van der Waals surface area (Å²) >= 11 is 0.916. The van der Waals surface area contributed by atoms with Crippen LogP contribution in [0, 0.1) is 0 Å². The predicted molar refractivity (Wildman–Crippen MR) is 110 cm³/mol. The summed E-state index contributed by atoms with van der Waals surface area (Å²) in [5, 5.41) is 1.93. The van der Waals surface area contributed by atoms with Crippen LogP contribution in [0.25, 0.3) is 6.08 Å². The molecule has 2 aliphatic rings. The molecular weight excluding hydrogens is 388 g/mol. The van der Waals surface area contributed by atoms with Gasteiger partial charge in [-0.25, -0.2) is 0 Å². The van der Waals surface area contributed by atoms with E-state index in [9.17, 15) is 14.4 Å². The van der Waals surface area contributed by atoms with Gasteiger partial charge in [-0.3, -0.25) is 19.7 Å². The molecule has 0 aromatic heterocycles. The molecule has 0 spiro atoms. The number of hydrogen-bond donors (Lipinski definition) is 2. The van der Waals surface area contributed by atoms with E-state index in [1.165, 1.54) is 0 Å². The Hall–Kier alpha value is -2.03. The fourth-order valence-electron chi connectivity index (χ4n) is 3.15. The van der Waals surface area contributed by atoms with Crippen LogP contribution in [0.4, 0.5) is 10.5 Å². The van der Waals surface area contributed by atoms with Crippen molar-refractivity contribution < 1.29 is 14.4 Å². The number of nitrogens with zero attached hydrogens (tertiary/aromatic N) is 2. The number of imide groups is 1. The van der Waals surface area contributed by atoms with Crippen molar-refractivity contribution in [1.29, 1.82) is 0 Å². The van der Waals surface area contributed by atoms with Crippen LogP contribution in [0.1, 0.15) is 18.4 Å². The van der Waals surface area contributed by atoms with Crippen LogP contribution in [-0.2, 0) is 9.59 Å². The molecule has 0 saturated carbocycles. The Balaban J connectivity index is 0.00000261. The van der Waals surface area contributed by atoms with Crippen molar-refractivity contribution >= 4 is 53.0 Å². The van der Waals surface area contributed by atoms with E-state index in [1.54, 1.807) is 6.08 Å². The van der Waals surface area contributed by atoms with Crippen LogP contribution in [0.2, 0.25) is 0 Å². The lowest BCUT2D eigenvalue weighted by atomic mass is 10.1. The second-order valence-corrected chi connectivity index (χ2v) is 7.19. The molecule has 3 N–H and O–H groups in total. The Labute approximate surface area is 168 Å². The number of halogens is 1. The van der Waals surface area contributed by atoms with Crippen LogP contribution >= 0.6 is 24.2 Å². The highest BCUT2D eigenvalue weighted by Gasteiger charge is 2.26. The zero-order valence-corrected chi connectivity index (χ0v) is 16.5. The van der Waals surface area contributed by atoms with Crippen molar-refractivity contribution in [3.63, 3.8) is 0 Å². The van der Waals surface area contributed by atoms with E-state index in [4.69, 9.17) is 5.73 Å². The zero-order valence-electron chi connectivity index (χ0n) is 14.8. The summed E-state index contributed by atoms with van der Waals surface area (Å²) in [5.41, 5.74) is 7.38. The summed E-state index contributed by atoms with van der Waals surface area (Å²) in [4.78, 5) is 39.8. The average Bonchev–Trinajstić information content (AvgIpc) is 2.82. The van der Waals surface area contributed by atoms with E-state index >= 15 is 0 Å². The fraction of sp³-hybridized carbons (Fsp3) is 0.389. The third kappa shape index (κ3) is 5.24. The van der Waals surface area contributed by atoms with Gasteiger partial charge in [0.25, 0.3) is 11.1 Å². The van der Waals surface area contributed by atoms with Crippen LogP contribution < -0.4 is 16.0 Å². The van der Waals surface area contributed by atoms with Gasteiger partial charge in [0.1, 0.15) is 0 Å². The molecule has 7 nitrogen and oxygen atoms in total. The second-order valence-electron chi connectivity index (χ2n) is 6.17. The number of nitrogens with two attached hydrogens (primary N) is 1. The maximum atomic E-state index is 12.1. The standard InChI is InChI=1S/C18H22N4O3S.ClH/c19-7-6-16(23)22-9-3-8-21(10-11-22)14-5-2-1-4-13(14)12-15-17(24)20-18(25)26-15;/h1-2,4-5,12H,3,6-11,19H2,(H,20,24,25);1H. The van der Waals surface area contributed by atoms with Gasteiger partial charge in [0.2, 0.25) is 5.91 Å². The lowest BCUT2D eigenvalue weighted by Gasteiger charge is -2.25. The van der Waals surface area contributed by atoms with Gasteiger partial charge in [-0.05, 0) is 35.9 Å². The molecule has 0 atom stereocenters. The Kier molecular flexibility index (Phi) is 7.70. The van der Waals surface area contributed by atoms with Crippen molar-refractivity contribution in [2.24, 2.45) is 5.73 Å². The van der Waals surface area contributed by atoms with Crippen LogP contribution in [0.15, 0.2) is 29.2 Å². The number of nitrogens with one attached hydrogen (secondary N) is 1. The number of amides is 3. The van der Waals surface area contributed by atoms with E-state index in [0.29, 0.717) is 24.4 Å². The molecule has 3 rings (SSSR count). The second kappa shape index (κ2) is 9.77. The van der Waals surface area contributed by atoms with Crippen LogP contribution in [0.3, 0.4) is 0 Å². The van der Waals surface area contributed by atoms with Gasteiger partial charge in [0, 0.05) is 44.8 Å². The topological polar surface area (TPSA) is 95.7 Å². The van der Waals surface area contributed by atoms with Crippen molar-refractivity contribution in [2.75, 3.05) is 37.6 Å². The van der Waals surface area contributed by atoms with Crippen molar-refractivity contribution in [3.05, 3.63) is 34.7 Å². The Morgan fingerprint density at radius 2 is 1.96 bits per heavy atom. The monoisotopic (exact) mass is 410 g/mol. The van der Waals surface area contributed by atoms with E-state index < -0.39 is 0 Å². The highest BCUT2D eigenvalue weighted by atomic mass is 35.5. The number of anilines is 1. The first-order valence-corrected chi connectivity index (χ1v) is 9.47. The number of carbonyl (C=O) groups excluding carboxylic acids is 3. The van der Waals surface area contributed by atoms with E-state index in [2.05, 4.69) is 10.2 Å². The number of thioether (sulfide) groups is 1. The largest absolute Gasteiger partial charge is 0.369 e. The van der Waals surface area contributed by atoms with Crippen LogP contribution in [0.5, 0.6) is 0 Å². The summed E-state index contributed by atoms with van der Waals surface area (Å²) in [7, 11) is 0. The highest BCUT2D eigenvalue weighted by molar-refractivity contribution is 8.18. The lowest BCUT2D eigenvalue weighted by Crippen LogP contribution is -2.36. The molecule has 1 aromatic carbocycles. The Morgan fingerprint density at radius 3 is 2.67 bits per heavy atom.